The highest BCUT2D eigenvalue weighted by atomic mass is 19.1. The Balaban J connectivity index is 1.64. The highest BCUT2D eigenvalue weighted by Gasteiger charge is 2.41. The molecule has 0 saturated carbocycles. The average Bonchev–Trinajstić information content (AvgIpc) is 3.38. The summed E-state index contributed by atoms with van der Waals surface area (Å²) in [6, 6.07) is 19.1. The fourth-order valence-electron chi connectivity index (χ4n) is 5.58. The van der Waals surface area contributed by atoms with Crippen LogP contribution in [-0.2, 0) is 11.2 Å². The molecule has 9 heteroatoms. The van der Waals surface area contributed by atoms with E-state index in [0.717, 1.165) is 17.7 Å². The van der Waals surface area contributed by atoms with E-state index >= 15 is 0 Å². The lowest BCUT2D eigenvalue weighted by Gasteiger charge is -2.33. The maximum absolute atomic E-state index is 14.3. The van der Waals surface area contributed by atoms with Gasteiger partial charge in [0.1, 0.15) is 17.5 Å². The molecule has 1 aliphatic rings. The number of primary amides is 2. The maximum Gasteiger partial charge on any atom is 0.251 e. The SMILES string of the molecule is NC(=O)c1cc(-c2cccnc2[C@H](Cc2cc(F)cc(F)c2)N2CC(c3ccccc3)CC2C(N)=O)ccc1F. The molecule has 0 radical (unpaired) electrons. The standard InChI is InChI=1S/C31H27F3N4O2/c32-22-11-18(12-23(33)16-22)13-27(38-17-21(15-28(38)31(36)40)19-5-2-1-3-6-19)29-24(7-4-10-37-29)20-8-9-26(34)25(14-20)30(35)39/h1-12,14,16,21,27-28H,13,15,17H2,(H2,35,39)(H2,36,40)/t21?,27-,28?/m0/s1. The van der Waals surface area contributed by atoms with Crippen LogP contribution in [0.4, 0.5) is 13.2 Å². The molecule has 2 amide bonds. The van der Waals surface area contributed by atoms with Crippen molar-refractivity contribution in [1.82, 2.24) is 9.88 Å². The third-order valence-corrected chi connectivity index (χ3v) is 7.39. The molecule has 4 aromatic rings. The van der Waals surface area contributed by atoms with E-state index < -0.39 is 41.3 Å². The van der Waals surface area contributed by atoms with Crippen molar-refractivity contribution < 1.29 is 22.8 Å². The molecule has 2 heterocycles. The number of likely N-dealkylation sites (tertiary alicyclic amines) is 1. The van der Waals surface area contributed by atoms with Crippen molar-refractivity contribution in [3.63, 3.8) is 0 Å². The molecule has 1 fully saturated rings. The summed E-state index contributed by atoms with van der Waals surface area (Å²) in [5.41, 5.74) is 13.9. The molecule has 40 heavy (non-hydrogen) atoms. The fourth-order valence-corrected chi connectivity index (χ4v) is 5.58. The molecule has 3 atom stereocenters. The highest BCUT2D eigenvalue weighted by molar-refractivity contribution is 5.94. The number of nitrogens with two attached hydrogens (primary N) is 2. The van der Waals surface area contributed by atoms with Crippen molar-refractivity contribution in [2.75, 3.05) is 6.54 Å². The maximum atomic E-state index is 14.3. The van der Waals surface area contributed by atoms with Crippen LogP contribution in [-0.4, -0.2) is 34.3 Å². The Morgan fingerprint density at radius 3 is 2.33 bits per heavy atom. The number of halogens is 3. The minimum absolute atomic E-state index is 0.0232. The van der Waals surface area contributed by atoms with Gasteiger partial charge in [-0.05, 0) is 65.8 Å². The Morgan fingerprint density at radius 1 is 0.925 bits per heavy atom. The zero-order chi connectivity index (χ0) is 28.4. The molecule has 2 unspecified atom stereocenters. The molecular weight excluding hydrogens is 517 g/mol. The molecule has 0 bridgehead atoms. The van der Waals surface area contributed by atoms with E-state index in [9.17, 15) is 22.8 Å². The monoisotopic (exact) mass is 544 g/mol. The Labute approximate surface area is 229 Å². The summed E-state index contributed by atoms with van der Waals surface area (Å²) in [7, 11) is 0. The summed E-state index contributed by atoms with van der Waals surface area (Å²) < 4.78 is 42.8. The molecule has 5 rings (SSSR count). The average molecular weight is 545 g/mol. The van der Waals surface area contributed by atoms with Crippen LogP contribution >= 0.6 is 0 Å². The van der Waals surface area contributed by atoms with Crippen LogP contribution < -0.4 is 11.5 Å². The van der Waals surface area contributed by atoms with Gasteiger partial charge in [0.25, 0.3) is 5.91 Å². The number of aromatic nitrogens is 1. The zero-order valence-electron chi connectivity index (χ0n) is 21.4. The second-order valence-corrected chi connectivity index (χ2v) is 9.95. The molecule has 204 valence electrons. The number of amides is 2. The number of nitrogens with zero attached hydrogens (tertiary/aromatic N) is 2. The molecular formula is C31H27F3N4O2. The van der Waals surface area contributed by atoms with Crippen molar-refractivity contribution in [3.8, 4) is 11.1 Å². The molecule has 0 aliphatic carbocycles. The van der Waals surface area contributed by atoms with E-state index in [2.05, 4.69) is 4.98 Å². The number of pyridine rings is 1. The van der Waals surface area contributed by atoms with Crippen molar-refractivity contribution >= 4 is 11.8 Å². The summed E-state index contributed by atoms with van der Waals surface area (Å²) in [6.07, 6.45) is 2.13. The second kappa shape index (κ2) is 11.3. The number of hydrogen-bond acceptors (Lipinski definition) is 4. The first-order valence-corrected chi connectivity index (χ1v) is 12.8. The molecule has 0 spiro atoms. The van der Waals surface area contributed by atoms with Crippen LogP contribution in [0.3, 0.4) is 0 Å². The van der Waals surface area contributed by atoms with E-state index in [0.29, 0.717) is 35.3 Å². The van der Waals surface area contributed by atoms with Gasteiger partial charge in [0.2, 0.25) is 5.91 Å². The normalized spacial score (nSPS) is 18.0. The van der Waals surface area contributed by atoms with E-state index in [4.69, 9.17) is 11.5 Å². The summed E-state index contributed by atoms with van der Waals surface area (Å²) in [5, 5.41) is 0. The van der Waals surface area contributed by atoms with Crippen LogP contribution in [0.1, 0.15) is 45.6 Å². The Hall–Kier alpha value is -4.50. The first-order valence-electron chi connectivity index (χ1n) is 12.8. The van der Waals surface area contributed by atoms with Crippen molar-refractivity contribution in [2.24, 2.45) is 11.5 Å². The summed E-state index contributed by atoms with van der Waals surface area (Å²) in [4.78, 5) is 31.2. The van der Waals surface area contributed by atoms with E-state index in [1.807, 2.05) is 35.2 Å². The lowest BCUT2D eigenvalue weighted by molar-refractivity contribution is -0.123. The first-order chi connectivity index (χ1) is 19.2. The van der Waals surface area contributed by atoms with Crippen LogP contribution in [0.2, 0.25) is 0 Å². The minimum Gasteiger partial charge on any atom is -0.368 e. The molecule has 1 aliphatic heterocycles. The summed E-state index contributed by atoms with van der Waals surface area (Å²) in [5.74, 6) is -3.68. The first kappa shape index (κ1) is 27.1. The van der Waals surface area contributed by atoms with Gasteiger partial charge in [-0.25, -0.2) is 13.2 Å². The van der Waals surface area contributed by atoms with Gasteiger partial charge in [-0.15, -0.1) is 0 Å². The lowest BCUT2D eigenvalue weighted by atomic mass is 9.93. The molecule has 1 aromatic heterocycles. The topological polar surface area (TPSA) is 102 Å². The van der Waals surface area contributed by atoms with E-state index in [1.165, 1.54) is 24.3 Å². The summed E-state index contributed by atoms with van der Waals surface area (Å²) in [6.45, 7) is 0.437. The van der Waals surface area contributed by atoms with Gasteiger partial charge in [0, 0.05) is 24.4 Å². The highest BCUT2D eigenvalue weighted by Crippen LogP contribution is 2.41. The largest absolute Gasteiger partial charge is 0.368 e. The number of benzene rings is 3. The fraction of sp³-hybridized carbons (Fsp3) is 0.194. The van der Waals surface area contributed by atoms with Gasteiger partial charge in [0.05, 0.1) is 23.3 Å². The van der Waals surface area contributed by atoms with Gasteiger partial charge < -0.3 is 11.5 Å². The number of carbonyl (C=O) groups is 2. The predicted octanol–water partition coefficient (Wildman–Crippen LogP) is 4.89. The van der Waals surface area contributed by atoms with Crippen LogP contribution in [0.15, 0.2) is 85.1 Å². The van der Waals surface area contributed by atoms with E-state index in [1.54, 1.807) is 18.3 Å². The van der Waals surface area contributed by atoms with Crippen molar-refractivity contribution in [1.29, 1.82) is 0 Å². The van der Waals surface area contributed by atoms with Crippen molar-refractivity contribution in [2.45, 2.75) is 30.8 Å². The second-order valence-electron chi connectivity index (χ2n) is 9.95. The van der Waals surface area contributed by atoms with Crippen LogP contribution in [0.25, 0.3) is 11.1 Å². The number of hydrogen-bond donors (Lipinski definition) is 2. The van der Waals surface area contributed by atoms with Gasteiger partial charge in [-0.3, -0.25) is 19.5 Å². The molecule has 6 nitrogen and oxygen atoms in total. The van der Waals surface area contributed by atoms with Gasteiger partial charge in [-0.1, -0.05) is 42.5 Å². The Bertz CT molecular complexity index is 1540. The number of rotatable bonds is 8. The van der Waals surface area contributed by atoms with Crippen molar-refractivity contribution in [3.05, 3.63) is 125 Å². The third-order valence-electron chi connectivity index (χ3n) is 7.39. The Kier molecular flexibility index (Phi) is 7.66. The lowest BCUT2D eigenvalue weighted by Crippen LogP contribution is -2.43. The third kappa shape index (κ3) is 5.60. The molecule has 3 aromatic carbocycles. The quantitative estimate of drug-likeness (QED) is 0.330. The van der Waals surface area contributed by atoms with Gasteiger partial charge in [-0.2, -0.15) is 0 Å². The molecule has 1 saturated heterocycles. The van der Waals surface area contributed by atoms with E-state index in [-0.39, 0.29) is 17.9 Å². The van der Waals surface area contributed by atoms with Gasteiger partial charge >= 0.3 is 0 Å². The Morgan fingerprint density at radius 2 is 1.65 bits per heavy atom. The molecule has 4 N–H and O–H groups in total. The smallest absolute Gasteiger partial charge is 0.251 e. The van der Waals surface area contributed by atoms with Gasteiger partial charge in [0.15, 0.2) is 0 Å². The van der Waals surface area contributed by atoms with Crippen LogP contribution in [0, 0.1) is 17.5 Å². The minimum atomic E-state index is -0.921. The predicted molar refractivity (Wildman–Crippen MR) is 144 cm³/mol. The number of carbonyl (C=O) groups excluding carboxylic acids is 2. The van der Waals surface area contributed by atoms with Crippen LogP contribution in [0.5, 0.6) is 0 Å². The zero-order valence-corrected chi connectivity index (χ0v) is 21.4. The summed E-state index contributed by atoms with van der Waals surface area (Å²) >= 11 is 0.